The molecule has 1 atom stereocenters. The maximum absolute atomic E-state index is 13.2. The average Bonchev–Trinajstić information content (AvgIpc) is 2.87. The molecule has 36 heavy (non-hydrogen) atoms. The lowest BCUT2D eigenvalue weighted by molar-refractivity contribution is 0.155. The van der Waals surface area contributed by atoms with Gasteiger partial charge in [-0.15, -0.1) is 0 Å². The number of hydrogen-bond donors (Lipinski definition) is 2. The molecule has 2 aromatic carbocycles. The highest BCUT2D eigenvalue weighted by Crippen LogP contribution is 2.38. The number of hydrogen-bond acceptors (Lipinski definition) is 5. The molecule has 1 amide bonds. The Bertz CT molecular complexity index is 1220. The quantitative estimate of drug-likeness (QED) is 0.353. The van der Waals surface area contributed by atoms with Crippen molar-refractivity contribution >= 4 is 11.8 Å². The van der Waals surface area contributed by atoms with Crippen LogP contribution in [-0.4, -0.2) is 11.2 Å². The summed E-state index contributed by atoms with van der Waals surface area (Å²) in [5.41, 5.74) is 2.96. The van der Waals surface area contributed by atoms with E-state index in [1.54, 1.807) is 6.07 Å². The van der Waals surface area contributed by atoms with Crippen LogP contribution in [0.2, 0.25) is 0 Å². The summed E-state index contributed by atoms with van der Waals surface area (Å²) in [7, 11) is 0. The van der Waals surface area contributed by atoms with Crippen LogP contribution in [0.3, 0.4) is 0 Å². The van der Waals surface area contributed by atoms with E-state index in [9.17, 15) is 14.7 Å². The third-order valence-corrected chi connectivity index (χ3v) is 6.84. The van der Waals surface area contributed by atoms with Gasteiger partial charge in [-0.05, 0) is 48.9 Å². The first-order valence-corrected chi connectivity index (χ1v) is 13.0. The van der Waals surface area contributed by atoms with Crippen LogP contribution in [0.4, 0.5) is 10.5 Å². The Hall–Kier alpha value is -3.54. The van der Waals surface area contributed by atoms with Crippen molar-refractivity contribution in [2.24, 2.45) is 0 Å². The molecule has 1 aliphatic rings. The van der Waals surface area contributed by atoms with Crippen molar-refractivity contribution in [3.05, 3.63) is 93.0 Å². The summed E-state index contributed by atoms with van der Waals surface area (Å²) in [5, 5.41) is 14.1. The van der Waals surface area contributed by atoms with Crippen molar-refractivity contribution in [2.45, 2.75) is 77.2 Å². The number of nitrogens with one attached hydrogen (secondary N) is 1. The van der Waals surface area contributed by atoms with Gasteiger partial charge in [0.25, 0.3) is 0 Å². The SMILES string of the molecule is CCCCC(c1cccc(NC(=O)OCc2ccccc2)c1)c1c(O)c2c(oc1=O)CCCCCC2. The molecule has 0 radical (unpaired) electrons. The Morgan fingerprint density at radius 3 is 2.61 bits per heavy atom. The summed E-state index contributed by atoms with van der Waals surface area (Å²) in [6.45, 7) is 2.27. The number of amides is 1. The second-order valence-electron chi connectivity index (χ2n) is 9.47. The van der Waals surface area contributed by atoms with E-state index >= 15 is 0 Å². The van der Waals surface area contributed by atoms with Crippen LogP contribution in [-0.2, 0) is 24.2 Å². The molecule has 4 rings (SSSR count). The first kappa shape index (κ1) is 25.5. The summed E-state index contributed by atoms with van der Waals surface area (Å²) < 4.78 is 11.1. The summed E-state index contributed by atoms with van der Waals surface area (Å²) in [6, 6.07) is 16.9. The molecular formula is C30H35NO5. The van der Waals surface area contributed by atoms with Gasteiger partial charge in [0, 0.05) is 23.6 Å². The van der Waals surface area contributed by atoms with Gasteiger partial charge in [0.2, 0.25) is 0 Å². The summed E-state index contributed by atoms with van der Waals surface area (Å²) in [5.74, 6) is 0.385. The van der Waals surface area contributed by atoms with Gasteiger partial charge in [0.1, 0.15) is 18.1 Å². The smallest absolute Gasteiger partial charge is 0.411 e. The molecule has 2 N–H and O–H groups in total. The molecular weight excluding hydrogens is 454 g/mol. The van der Waals surface area contributed by atoms with E-state index in [0.29, 0.717) is 36.3 Å². The van der Waals surface area contributed by atoms with Crippen molar-refractivity contribution in [2.75, 3.05) is 5.32 Å². The molecule has 0 saturated carbocycles. The number of aryl methyl sites for hydroxylation is 1. The third kappa shape index (κ3) is 6.36. The molecule has 190 valence electrons. The fourth-order valence-electron chi connectivity index (χ4n) is 4.92. The average molecular weight is 490 g/mol. The number of fused-ring (bicyclic) bond motifs is 1. The maximum Gasteiger partial charge on any atom is 0.411 e. The van der Waals surface area contributed by atoms with Gasteiger partial charge in [0.05, 0.1) is 5.56 Å². The number of benzene rings is 2. The molecule has 0 spiro atoms. The molecule has 0 bridgehead atoms. The van der Waals surface area contributed by atoms with E-state index in [1.165, 1.54) is 0 Å². The zero-order valence-electron chi connectivity index (χ0n) is 20.9. The molecule has 1 heterocycles. The number of aromatic hydroxyl groups is 1. The van der Waals surface area contributed by atoms with Gasteiger partial charge < -0.3 is 14.3 Å². The highest BCUT2D eigenvalue weighted by atomic mass is 16.5. The second-order valence-corrected chi connectivity index (χ2v) is 9.47. The molecule has 0 aliphatic heterocycles. The number of ether oxygens (including phenoxy) is 1. The first-order chi connectivity index (χ1) is 17.6. The van der Waals surface area contributed by atoms with E-state index in [4.69, 9.17) is 9.15 Å². The Morgan fingerprint density at radius 2 is 1.83 bits per heavy atom. The Morgan fingerprint density at radius 1 is 1.06 bits per heavy atom. The van der Waals surface area contributed by atoms with Gasteiger partial charge in [-0.25, -0.2) is 9.59 Å². The van der Waals surface area contributed by atoms with Crippen LogP contribution < -0.4 is 10.9 Å². The second kappa shape index (κ2) is 12.4. The molecule has 3 aromatic rings. The standard InChI is InChI=1S/C30H35NO5/c1-2-3-16-24(27-28(32)25-17-9-4-5-10-18-26(25)36-29(27)33)22-14-11-15-23(19-22)31-30(34)35-20-21-12-7-6-8-13-21/h6-8,11-15,19,24,32H,2-5,9-10,16-18,20H2,1H3,(H,31,34). The van der Waals surface area contributed by atoms with Crippen LogP contribution in [0, 0.1) is 0 Å². The molecule has 1 aromatic heterocycles. The highest BCUT2D eigenvalue weighted by Gasteiger charge is 2.27. The minimum absolute atomic E-state index is 0.0879. The summed E-state index contributed by atoms with van der Waals surface area (Å²) in [6.07, 6.45) is 7.53. The van der Waals surface area contributed by atoms with Crippen molar-refractivity contribution in [1.29, 1.82) is 0 Å². The van der Waals surface area contributed by atoms with Crippen LogP contribution in [0.15, 0.2) is 63.8 Å². The van der Waals surface area contributed by atoms with E-state index in [1.807, 2.05) is 48.5 Å². The lowest BCUT2D eigenvalue weighted by Crippen LogP contribution is -2.18. The predicted octanol–water partition coefficient (Wildman–Crippen LogP) is 7.08. The summed E-state index contributed by atoms with van der Waals surface area (Å²) in [4.78, 5) is 25.6. The normalized spacial score (nSPS) is 14.2. The topological polar surface area (TPSA) is 88.8 Å². The molecule has 6 nitrogen and oxygen atoms in total. The van der Waals surface area contributed by atoms with Crippen LogP contribution in [0.25, 0.3) is 0 Å². The van der Waals surface area contributed by atoms with Gasteiger partial charge >= 0.3 is 11.7 Å². The van der Waals surface area contributed by atoms with Gasteiger partial charge in [0.15, 0.2) is 0 Å². The van der Waals surface area contributed by atoms with Crippen molar-refractivity contribution in [3.8, 4) is 5.75 Å². The number of carbonyl (C=O) groups is 1. The highest BCUT2D eigenvalue weighted by molar-refractivity contribution is 5.84. The minimum Gasteiger partial charge on any atom is -0.507 e. The molecule has 1 unspecified atom stereocenters. The summed E-state index contributed by atoms with van der Waals surface area (Å²) >= 11 is 0. The van der Waals surface area contributed by atoms with Gasteiger partial charge in [-0.2, -0.15) is 0 Å². The Kier molecular flexibility index (Phi) is 8.82. The number of rotatable bonds is 8. The lowest BCUT2D eigenvalue weighted by atomic mass is 9.85. The predicted molar refractivity (Wildman–Crippen MR) is 141 cm³/mol. The largest absolute Gasteiger partial charge is 0.507 e. The molecule has 6 heteroatoms. The minimum atomic E-state index is -0.551. The molecule has 0 saturated heterocycles. The Balaban J connectivity index is 1.59. The third-order valence-electron chi connectivity index (χ3n) is 6.84. The van der Waals surface area contributed by atoms with Crippen molar-refractivity contribution < 1.29 is 19.1 Å². The van der Waals surface area contributed by atoms with E-state index in [2.05, 4.69) is 12.2 Å². The van der Waals surface area contributed by atoms with Crippen LogP contribution in [0.1, 0.15) is 85.8 Å². The molecule has 0 fully saturated rings. The lowest BCUT2D eigenvalue weighted by Gasteiger charge is -2.22. The number of carbonyl (C=O) groups excluding carboxylic acids is 1. The van der Waals surface area contributed by atoms with Crippen molar-refractivity contribution in [3.63, 3.8) is 0 Å². The maximum atomic E-state index is 13.2. The van der Waals surface area contributed by atoms with Gasteiger partial charge in [-0.1, -0.05) is 75.1 Å². The fourth-order valence-corrected chi connectivity index (χ4v) is 4.92. The zero-order chi connectivity index (χ0) is 25.3. The first-order valence-electron chi connectivity index (χ1n) is 13.0. The van der Waals surface area contributed by atoms with Crippen LogP contribution >= 0.6 is 0 Å². The van der Waals surface area contributed by atoms with E-state index in [0.717, 1.165) is 55.2 Å². The van der Waals surface area contributed by atoms with E-state index in [-0.39, 0.29) is 18.3 Å². The zero-order valence-corrected chi connectivity index (χ0v) is 20.9. The van der Waals surface area contributed by atoms with Crippen LogP contribution in [0.5, 0.6) is 5.75 Å². The van der Waals surface area contributed by atoms with Gasteiger partial charge in [-0.3, -0.25) is 5.32 Å². The number of anilines is 1. The monoisotopic (exact) mass is 489 g/mol. The van der Waals surface area contributed by atoms with Crippen molar-refractivity contribution in [1.82, 2.24) is 0 Å². The Labute approximate surface area is 212 Å². The van der Waals surface area contributed by atoms with E-state index < -0.39 is 11.7 Å². The number of unbranched alkanes of at least 4 members (excludes halogenated alkanes) is 1. The fraction of sp³-hybridized carbons (Fsp3) is 0.400. The molecule has 1 aliphatic carbocycles.